The van der Waals surface area contributed by atoms with Gasteiger partial charge in [-0.1, -0.05) is 6.92 Å². The van der Waals surface area contributed by atoms with Gasteiger partial charge in [-0.2, -0.15) is 0 Å². The minimum Gasteiger partial charge on any atom is -0.377 e. The normalized spacial score (nSPS) is 10.9. The highest BCUT2D eigenvalue weighted by molar-refractivity contribution is 7.18. The zero-order valence-corrected chi connectivity index (χ0v) is 10.5. The van der Waals surface area contributed by atoms with Gasteiger partial charge in [-0.25, -0.2) is 9.97 Å². The van der Waals surface area contributed by atoms with Crippen molar-refractivity contribution in [3.05, 3.63) is 16.8 Å². The van der Waals surface area contributed by atoms with Crippen LogP contribution in [-0.2, 0) is 17.8 Å². The molecule has 0 aliphatic carbocycles. The van der Waals surface area contributed by atoms with Gasteiger partial charge in [0.1, 0.15) is 17.3 Å². The summed E-state index contributed by atoms with van der Waals surface area (Å²) in [6, 6.07) is 2.16. The summed E-state index contributed by atoms with van der Waals surface area (Å²) < 4.78 is 5.06. The molecule has 2 aromatic heterocycles. The monoisotopic (exact) mass is 237 g/mol. The number of aryl methyl sites for hydroxylation is 1. The Morgan fingerprint density at radius 3 is 2.88 bits per heavy atom. The Morgan fingerprint density at radius 1 is 1.44 bits per heavy atom. The number of hydrogen-bond acceptors (Lipinski definition) is 5. The molecule has 0 bridgehead atoms. The molecular weight excluding hydrogens is 222 g/mol. The lowest BCUT2D eigenvalue weighted by molar-refractivity contribution is 0.178. The second kappa shape index (κ2) is 4.76. The molecule has 0 radical (unpaired) electrons. The molecule has 0 saturated heterocycles. The van der Waals surface area contributed by atoms with Crippen molar-refractivity contribution in [2.45, 2.75) is 20.0 Å². The molecule has 86 valence electrons. The summed E-state index contributed by atoms with van der Waals surface area (Å²) in [7, 11) is 3.53. The highest BCUT2D eigenvalue weighted by Crippen LogP contribution is 2.29. The van der Waals surface area contributed by atoms with E-state index in [1.165, 1.54) is 4.88 Å². The summed E-state index contributed by atoms with van der Waals surface area (Å²) >= 11 is 1.72. The Balaban J connectivity index is 2.56. The van der Waals surface area contributed by atoms with Crippen LogP contribution in [0.1, 0.15) is 17.6 Å². The van der Waals surface area contributed by atoms with Crippen LogP contribution in [0.15, 0.2) is 6.07 Å². The first-order chi connectivity index (χ1) is 7.78. The van der Waals surface area contributed by atoms with Crippen LogP contribution in [0.2, 0.25) is 0 Å². The Bertz CT molecular complexity index is 495. The number of fused-ring (bicyclic) bond motifs is 1. The van der Waals surface area contributed by atoms with Gasteiger partial charge in [0.2, 0.25) is 0 Å². The predicted molar refractivity (Wildman–Crippen MR) is 67.1 cm³/mol. The number of ether oxygens (including phenoxy) is 1. The van der Waals surface area contributed by atoms with Crippen LogP contribution in [0.4, 0.5) is 5.82 Å². The van der Waals surface area contributed by atoms with Crippen molar-refractivity contribution in [2.24, 2.45) is 0 Å². The molecule has 0 aliphatic rings. The third kappa shape index (κ3) is 2.01. The average Bonchev–Trinajstić information content (AvgIpc) is 2.71. The maximum Gasteiger partial charge on any atom is 0.158 e. The first-order valence-corrected chi connectivity index (χ1v) is 6.06. The molecule has 0 aromatic carbocycles. The number of methoxy groups -OCH3 is 1. The van der Waals surface area contributed by atoms with Crippen molar-refractivity contribution in [2.75, 3.05) is 19.5 Å². The van der Waals surface area contributed by atoms with E-state index in [1.54, 1.807) is 18.4 Å². The summed E-state index contributed by atoms with van der Waals surface area (Å²) in [4.78, 5) is 11.3. The van der Waals surface area contributed by atoms with Gasteiger partial charge in [-0.3, -0.25) is 0 Å². The second-order valence-corrected chi connectivity index (χ2v) is 4.57. The molecule has 2 rings (SSSR count). The van der Waals surface area contributed by atoms with Crippen LogP contribution < -0.4 is 5.32 Å². The van der Waals surface area contributed by atoms with Crippen LogP contribution >= 0.6 is 11.3 Å². The van der Waals surface area contributed by atoms with Gasteiger partial charge in [0.15, 0.2) is 5.82 Å². The quantitative estimate of drug-likeness (QED) is 0.887. The van der Waals surface area contributed by atoms with Crippen molar-refractivity contribution in [3.8, 4) is 0 Å². The van der Waals surface area contributed by atoms with E-state index in [2.05, 4.69) is 28.3 Å². The number of aromatic nitrogens is 2. The largest absolute Gasteiger partial charge is 0.377 e. The van der Waals surface area contributed by atoms with Gasteiger partial charge in [-0.15, -0.1) is 11.3 Å². The Labute approximate surface area is 98.7 Å². The molecule has 1 N–H and O–H groups in total. The zero-order valence-electron chi connectivity index (χ0n) is 9.70. The lowest BCUT2D eigenvalue weighted by atomic mass is 10.3. The van der Waals surface area contributed by atoms with E-state index in [0.717, 1.165) is 28.3 Å². The van der Waals surface area contributed by atoms with E-state index in [1.807, 2.05) is 7.05 Å². The molecule has 0 amide bonds. The van der Waals surface area contributed by atoms with Gasteiger partial charge in [-0.05, 0) is 12.5 Å². The standard InChI is InChI=1S/C11H15N3OS/c1-4-7-5-8-10(12-2)13-9(6-15-3)14-11(8)16-7/h5H,4,6H2,1-3H3,(H,12,13,14). The molecule has 2 aromatic rings. The Morgan fingerprint density at radius 2 is 2.25 bits per heavy atom. The minimum atomic E-state index is 0.448. The molecule has 0 fully saturated rings. The van der Waals surface area contributed by atoms with Crippen molar-refractivity contribution in [1.82, 2.24) is 9.97 Å². The van der Waals surface area contributed by atoms with E-state index in [4.69, 9.17) is 4.74 Å². The number of thiophene rings is 1. The fourth-order valence-corrected chi connectivity index (χ4v) is 2.56. The number of rotatable bonds is 4. The Kier molecular flexibility index (Phi) is 3.36. The van der Waals surface area contributed by atoms with Crippen LogP contribution in [0, 0.1) is 0 Å². The number of anilines is 1. The lowest BCUT2D eigenvalue weighted by Crippen LogP contribution is -2.01. The molecule has 0 aliphatic heterocycles. The number of nitrogens with zero attached hydrogens (tertiary/aromatic N) is 2. The van der Waals surface area contributed by atoms with Crippen molar-refractivity contribution in [3.63, 3.8) is 0 Å². The number of nitrogens with one attached hydrogen (secondary N) is 1. The third-order valence-electron chi connectivity index (χ3n) is 2.35. The summed E-state index contributed by atoms with van der Waals surface area (Å²) in [5, 5.41) is 4.21. The molecule has 0 spiro atoms. The van der Waals surface area contributed by atoms with Gasteiger partial charge < -0.3 is 10.1 Å². The summed E-state index contributed by atoms with van der Waals surface area (Å²) in [6.45, 7) is 2.59. The topological polar surface area (TPSA) is 47.0 Å². The molecule has 16 heavy (non-hydrogen) atoms. The molecule has 0 unspecified atom stereocenters. The first kappa shape index (κ1) is 11.3. The molecule has 0 atom stereocenters. The highest BCUT2D eigenvalue weighted by Gasteiger charge is 2.09. The van der Waals surface area contributed by atoms with Crippen LogP contribution in [0.3, 0.4) is 0 Å². The summed E-state index contributed by atoms with van der Waals surface area (Å²) in [5.74, 6) is 1.61. The van der Waals surface area contributed by atoms with Crippen LogP contribution in [0.25, 0.3) is 10.2 Å². The van der Waals surface area contributed by atoms with E-state index in [0.29, 0.717) is 6.61 Å². The fraction of sp³-hybridized carbons (Fsp3) is 0.455. The smallest absolute Gasteiger partial charge is 0.158 e. The van der Waals surface area contributed by atoms with Gasteiger partial charge in [0.05, 0.1) is 5.39 Å². The molecular formula is C11H15N3OS. The van der Waals surface area contributed by atoms with Crippen LogP contribution in [-0.4, -0.2) is 24.1 Å². The van der Waals surface area contributed by atoms with Gasteiger partial charge in [0, 0.05) is 19.0 Å². The van der Waals surface area contributed by atoms with E-state index >= 15 is 0 Å². The van der Waals surface area contributed by atoms with Crippen molar-refractivity contribution < 1.29 is 4.74 Å². The highest BCUT2D eigenvalue weighted by atomic mass is 32.1. The SMILES string of the molecule is CCc1cc2c(NC)nc(COC)nc2s1. The summed E-state index contributed by atoms with van der Waals surface area (Å²) in [6.07, 6.45) is 1.03. The third-order valence-corrected chi connectivity index (χ3v) is 3.52. The minimum absolute atomic E-state index is 0.448. The first-order valence-electron chi connectivity index (χ1n) is 5.24. The Hall–Kier alpha value is -1.20. The average molecular weight is 237 g/mol. The molecule has 2 heterocycles. The predicted octanol–water partition coefficient (Wildman–Crippen LogP) is 2.44. The molecule has 0 saturated carbocycles. The van der Waals surface area contributed by atoms with Crippen LogP contribution in [0.5, 0.6) is 0 Å². The zero-order chi connectivity index (χ0) is 11.5. The van der Waals surface area contributed by atoms with Gasteiger partial charge >= 0.3 is 0 Å². The maximum absolute atomic E-state index is 5.06. The maximum atomic E-state index is 5.06. The number of hydrogen-bond donors (Lipinski definition) is 1. The van der Waals surface area contributed by atoms with Crippen molar-refractivity contribution in [1.29, 1.82) is 0 Å². The lowest BCUT2D eigenvalue weighted by Gasteiger charge is -2.03. The molecule has 4 nitrogen and oxygen atoms in total. The fourth-order valence-electron chi connectivity index (χ4n) is 1.57. The molecule has 5 heteroatoms. The van der Waals surface area contributed by atoms with Crippen molar-refractivity contribution >= 4 is 27.4 Å². The second-order valence-electron chi connectivity index (χ2n) is 3.46. The van der Waals surface area contributed by atoms with E-state index in [-0.39, 0.29) is 0 Å². The van der Waals surface area contributed by atoms with E-state index in [9.17, 15) is 0 Å². The summed E-state index contributed by atoms with van der Waals surface area (Å²) in [5.41, 5.74) is 0. The van der Waals surface area contributed by atoms with Gasteiger partial charge in [0.25, 0.3) is 0 Å². The van der Waals surface area contributed by atoms with E-state index < -0.39 is 0 Å².